The van der Waals surface area contributed by atoms with E-state index in [1.165, 1.54) is 37.9 Å². The number of rotatable bonds is 5. The molecule has 3 nitrogen and oxygen atoms in total. The topological polar surface area (TPSA) is 29.9 Å². The minimum Gasteiger partial charge on any atom is -0.319 e. The van der Waals surface area contributed by atoms with Crippen molar-refractivity contribution in [2.24, 2.45) is 30.2 Å². The van der Waals surface area contributed by atoms with E-state index in [1.807, 2.05) is 10.9 Å². The lowest BCUT2D eigenvalue weighted by molar-refractivity contribution is 0.0933. The first kappa shape index (κ1) is 16.5. The SMILES string of the molecule is CNCC1CCC(C(C)(C)C)CC1CCc1ccnn1C. The average Bonchev–Trinajstić information content (AvgIpc) is 2.82. The smallest absolute Gasteiger partial charge is 0.0492 e. The van der Waals surface area contributed by atoms with Gasteiger partial charge in [-0.2, -0.15) is 5.10 Å². The molecule has 0 aromatic carbocycles. The molecule has 1 aliphatic rings. The third kappa shape index (κ3) is 4.32. The summed E-state index contributed by atoms with van der Waals surface area (Å²) in [5, 5.41) is 7.70. The second-order valence-corrected chi connectivity index (χ2v) is 7.94. The summed E-state index contributed by atoms with van der Waals surface area (Å²) in [6.45, 7) is 8.41. The van der Waals surface area contributed by atoms with Crippen molar-refractivity contribution in [3.05, 3.63) is 18.0 Å². The normalized spacial score (nSPS) is 27.0. The molecule has 0 spiro atoms. The molecular weight excluding hydrogens is 258 g/mol. The fourth-order valence-electron chi connectivity index (χ4n) is 3.98. The van der Waals surface area contributed by atoms with Crippen molar-refractivity contribution < 1.29 is 0 Å². The largest absolute Gasteiger partial charge is 0.319 e. The molecule has 0 bridgehead atoms. The number of nitrogens with zero attached hydrogens (tertiary/aromatic N) is 2. The standard InChI is InChI=1S/C18H33N3/c1-18(2,3)16-8-6-15(13-19-4)14(12-16)7-9-17-10-11-20-21(17)5/h10-11,14-16,19H,6-9,12-13H2,1-5H3. The highest BCUT2D eigenvalue weighted by Crippen LogP contribution is 2.44. The van der Waals surface area contributed by atoms with Crippen molar-refractivity contribution in [2.75, 3.05) is 13.6 Å². The predicted molar refractivity (Wildman–Crippen MR) is 89.2 cm³/mol. The highest BCUT2D eigenvalue weighted by molar-refractivity contribution is 5.00. The second-order valence-electron chi connectivity index (χ2n) is 7.94. The Hall–Kier alpha value is -0.830. The Morgan fingerprint density at radius 3 is 2.62 bits per heavy atom. The highest BCUT2D eigenvalue weighted by Gasteiger charge is 2.35. The van der Waals surface area contributed by atoms with Crippen LogP contribution in [0.25, 0.3) is 0 Å². The zero-order chi connectivity index (χ0) is 15.5. The van der Waals surface area contributed by atoms with Crippen molar-refractivity contribution in [2.45, 2.75) is 52.9 Å². The van der Waals surface area contributed by atoms with E-state index in [0.29, 0.717) is 5.41 Å². The lowest BCUT2D eigenvalue weighted by Gasteiger charge is -2.42. The Kier molecular flexibility index (Phi) is 5.48. The maximum absolute atomic E-state index is 4.29. The lowest BCUT2D eigenvalue weighted by Crippen LogP contribution is -2.36. The van der Waals surface area contributed by atoms with Gasteiger partial charge < -0.3 is 5.32 Å². The third-order valence-corrected chi connectivity index (χ3v) is 5.52. The highest BCUT2D eigenvalue weighted by atomic mass is 15.2. The van der Waals surface area contributed by atoms with Crippen molar-refractivity contribution in [1.82, 2.24) is 15.1 Å². The van der Waals surface area contributed by atoms with Crippen LogP contribution in [0.5, 0.6) is 0 Å². The van der Waals surface area contributed by atoms with Crippen LogP contribution in [0, 0.1) is 23.2 Å². The van der Waals surface area contributed by atoms with E-state index in [2.05, 4.69) is 51.3 Å². The predicted octanol–water partition coefficient (Wildman–Crippen LogP) is 3.65. The van der Waals surface area contributed by atoms with E-state index >= 15 is 0 Å². The van der Waals surface area contributed by atoms with E-state index in [0.717, 1.165) is 24.2 Å². The molecule has 0 aliphatic heterocycles. The number of aromatic nitrogens is 2. The van der Waals surface area contributed by atoms with Gasteiger partial charge in [0, 0.05) is 18.9 Å². The summed E-state index contributed by atoms with van der Waals surface area (Å²) in [6, 6.07) is 2.16. The van der Waals surface area contributed by atoms with Gasteiger partial charge in [-0.05, 0) is 74.9 Å². The summed E-state index contributed by atoms with van der Waals surface area (Å²) >= 11 is 0. The molecule has 21 heavy (non-hydrogen) atoms. The zero-order valence-corrected chi connectivity index (χ0v) is 14.5. The molecule has 1 aliphatic carbocycles. The minimum atomic E-state index is 0.454. The molecule has 1 N–H and O–H groups in total. The second kappa shape index (κ2) is 6.95. The summed E-state index contributed by atoms with van der Waals surface area (Å²) in [7, 11) is 4.15. The van der Waals surface area contributed by atoms with Crippen molar-refractivity contribution in [3.63, 3.8) is 0 Å². The van der Waals surface area contributed by atoms with Crippen LogP contribution < -0.4 is 5.32 Å². The molecular formula is C18H33N3. The van der Waals surface area contributed by atoms with Gasteiger partial charge in [0.25, 0.3) is 0 Å². The van der Waals surface area contributed by atoms with Gasteiger partial charge in [0.1, 0.15) is 0 Å². The quantitative estimate of drug-likeness (QED) is 0.897. The molecule has 1 aromatic heterocycles. The van der Waals surface area contributed by atoms with E-state index < -0.39 is 0 Å². The lowest BCUT2D eigenvalue weighted by atomic mass is 9.64. The molecule has 1 saturated carbocycles. The molecule has 3 heteroatoms. The van der Waals surface area contributed by atoms with E-state index in [9.17, 15) is 0 Å². The van der Waals surface area contributed by atoms with Crippen LogP contribution in [0.4, 0.5) is 0 Å². The fraction of sp³-hybridized carbons (Fsp3) is 0.833. The van der Waals surface area contributed by atoms with Gasteiger partial charge in [0.05, 0.1) is 0 Å². The molecule has 0 radical (unpaired) electrons. The van der Waals surface area contributed by atoms with Crippen LogP contribution >= 0.6 is 0 Å². The Morgan fingerprint density at radius 2 is 2.05 bits per heavy atom. The van der Waals surface area contributed by atoms with Gasteiger partial charge in [-0.25, -0.2) is 0 Å². The molecule has 1 aromatic rings. The van der Waals surface area contributed by atoms with E-state index in [4.69, 9.17) is 0 Å². The monoisotopic (exact) mass is 291 g/mol. The molecule has 0 amide bonds. The van der Waals surface area contributed by atoms with Crippen molar-refractivity contribution in [1.29, 1.82) is 0 Å². The van der Waals surface area contributed by atoms with Crippen molar-refractivity contribution >= 4 is 0 Å². The van der Waals surface area contributed by atoms with Crippen LogP contribution in [0.1, 0.15) is 52.1 Å². The number of hydrogen-bond acceptors (Lipinski definition) is 2. The Balaban J connectivity index is 1.98. The Bertz CT molecular complexity index is 430. The number of nitrogens with one attached hydrogen (secondary N) is 1. The van der Waals surface area contributed by atoms with Crippen LogP contribution in [-0.4, -0.2) is 23.4 Å². The molecule has 3 atom stereocenters. The van der Waals surface area contributed by atoms with Gasteiger partial charge >= 0.3 is 0 Å². The third-order valence-electron chi connectivity index (χ3n) is 5.52. The summed E-state index contributed by atoms with van der Waals surface area (Å²) in [5.74, 6) is 2.58. The summed E-state index contributed by atoms with van der Waals surface area (Å²) < 4.78 is 2.02. The summed E-state index contributed by atoms with van der Waals surface area (Å²) in [4.78, 5) is 0. The average molecular weight is 291 g/mol. The fourth-order valence-corrected chi connectivity index (χ4v) is 3.98. The van der Waals surface area contributed by atoms with Gasteiger partial charge in [0.2, 0.25) is 0 Å². The first-order valence-corrected chi connectivity index (χ1v) is 8.53. The molecule has 3 unspecified atom stereocenters. The number of aryl methyl sites for hydroxylation is 2. The van der Waals surface area contributed by atoms with Crippen LogP contribution in [0.3, 0.4) is 0 Å². The maximum Gasteiger partial charge on any atom is 0.0492 e. The van der Waals surface area contributed by atoms with Gasteiger partial charge in [0.15, 0.2) is 0 Å². The molecule has 2 rings (SSSR count). The van der Waals surface area contributed by atoms with Gasteiger partial charge in [-0.3, -0.25) is 4.68 Å². The molecule has 1 heterocycles. The summed E-state index contributed by atoms with van der Waals surface area (Å²) in [5.41, 5.74) is 1.83. The van der Waals surface area contributed by atoms with Crippen LogP contribution in [0.2, 0.25) is 0 Å². The minimum absolute atomic E-state index is 0.454. The first-order valence-electron chi connectivity index (χ1n) is 8.53. The molecule has 120 valence electrons. The van der Waals surface area contributed by atoms with Crippen molar-refractivity contribution in [3.8, 4) is 0 Å². The molecule has 1 fully saturated rings. The molecule has 0 saturated heterocycles. The summed E-state index contributed by atoms with van der Waals surface area (Å²) in [6.07, 6.45) is 8.57. The first-order chi connectivity index (χ1) is 9.91. The number of hydrogen-bond donors (Lipinski definition) is 1. The zero-order valence-electron chi connectivity index (χ0n) is 14.5. The van der Waals surface area contributed by atoms with Crippen LogP contribution in [-0.2, 0) is 13.5 Å². The maximum atomic E-state index is 4.29. The van der Waals surface area contributed by atoms with E-state index in [1.54, 1.807) is 0 Å². The Labute approximate surface area is 130 Å². The van der Waals surface area contributed by atoms with E-state index in [-0.39, 0.29) is 0 Å². The van der Waals surface area contributed by atoms with Crippen LogP contribution in [0.15, 0.2) is 12.3 Å². The van der Waals surface area contributed by atoms with Gasteiger partial charge in [-0.1, -0.05) is 20.8 Å². The Morgan fingerprint density at radius 1 is 1.29 bits per heavy atom. The van der Waals surface area contributed by atoms with Gasteiger partial charge in [-0.15, -0.1) is 0 Å².